The molecule has 1 fully saturated rings. The van der Waals surface area contributed by atoms with E-state index in [4.69, 9.17) is 20.0 Å². The van der Waals surface area contributed by atoms with Crippen LogP contribution >= 0.6 is 0 Å². The Balaban J connectivity index is 2.00. The number of ether oxygens (including phenoxy) is 1. The first-order valence-corrected chi connectivity index (χ1v) is 5.22. The number of aromatic nitrogens is 1. The second kappa shape index (κ2) is 4.63. The number of primary amides is 1. The van der Waals surface area contributed by atoms with Gasteiger partial charge in [0.25, 0.3) is 5.89 Å². The lowest BCUT2D eigenvalue weighted by Gasteiger charge is -2.09. The van der Waals surface area contributed by atoms with Crippen molar-refractivity contribution in [1.29, 1.82) is 0 Å². The molecule has 1 saturated heterocycles. The fourth-order valence-corrected chi connectivity index (χ4v) is 1.83. The Kier molecular flexibility index (Phi) is 3.21. The molecular formula is C10H14N2O4. The highest BCUT2D eigenvalue weighted by atomic mass is 16.5. The van der Waals surface area contributed by atoms with Gasteiger partial charge in [-0.25, -0.2) is 4.98 Å². The van der Waals surface area contributed by atoms with Gasteiger partial charge < -0.3 is 20.0 Å². The molecule has 2 atom stereocenters. The number of nitrogens with zero attached hydrogens (tertiary/aromatic N) is 1. The van der Waals surface area contributed by atoms with Gasteiger partial charge >= 0.3 is 5.91 Å². The number of aliphatic hydroxyl groups is 1. The summed E-state index contributed by atoms with van der Waals surface area (Å²) in [5, 5.41) is 8.79. The van der Waals surface area contributed by atoms with E-state index in [-0.39, 0.29) is 24.7 Å². The molecule has 16 heavy (non-hydrogen) atoms. The summed E-state index contributed by atoms with van der Waals surface area (Å²) in [4.78, 5) is 14.7. The van der Waals surface area contributed by atoms with Crippen molar-refractivity contribution in [1.82, 2.24) is 4.98 Å². The Morgan fingerprint density at radius 2 is 2.44 bits per heavy atom. The van der Waals surface area contributed by atoms with Gasteiger partial charge in [-0.05, 0) is 19.3 Å². The molecule has 88 valence electrons. The largest absolute Gasteiger partial charge is 0.441 e. The van der Waals surface area contributed by atoms with Gasteiger partial charge in [0, 0.05) is 6.61 Å². The maximum atomic E-state index is 10.8. The molecule has 2 heterocycles. The normalized spacial score (nSPS) is 24.8. The molecule has 0 radical (unpaired) electrons. The van der Waals surface area contributed by atoms with E-state index in [0.717, 1.165) is 12.8 Å². The summed E-state index contributed by atoms with van der Waals surface area (Å²) >= 11 is 0. The molecule has 1 aromatic rings. The summed E-state index contributed by atoms with van der Waals surface area (Å²) in [5.41, 5.74) is 5.62. The third kappa shape index (κ3) is 2.23. The first-order chi connectivity index (χ1) is 7.70. The Labute approximate surface area is 92.4 Å². The van der Waals surface area contributed by atoms with Crippen LogP contribution in [0.15, 0.2) is 10.7 Å². The van der Waals surface area contributed by atoms with Crippen LogP contribution in [0, 0.1) is 0 Å². The summed E-state index contributed by atoms with van der Waals surface area (Å²) < 4.78 is 10.6. The number of nitrogens with two attached hydrogens (primary N) is 1. The van der Waals surface area contributed by atoms with Crippen molar-refractivity contribution >= 4 is 5.91 Å². The van der Waals surface area contributed by atoms with Crippen molar-refractivity contribution in [2.75, 3.05) is 6.61 Å². The third-order valence-corrected chi connectivity index (χ3v) is 2.62. The maximum Gasteiger partial charge on any atom is 0.304 e. The molecule has 6 heteroatoms. The van der Waals surface area contributed by atoms with Crippen molar-refractivity contribution < 1.29 is 19.1 Å². The average Bonchev–Trinajstić information content (AvgIpc) is 2.84. The molecule has 1 aliphatic heterocycles. The minimum atomic E-state index is -0.684. The molecule has 0 aliphatic carbocycles. The molecule has 1 aliphatic rings. The number of hydrogen-bond donors (Lipinski definition) is 2. The summed E-state index contributed by atoms with van der Waals surface area (Å²) in [6, 6.07) is 0. The predicted octanol–water partition coefficient (Wildman–Crippen LogP) is 0.376. The molecule has 0 spiro atoms. The van der Waals surface area contributed by atoms with Gasteiger partial charge in [0.05, 0.1) is 6.10 Å². The van der Waals surface area contributed by atoms with Crippen molar-refractivity contribution in [3.05, 3.63) is 17.8 Å². The van der Waals surface area contributed by atoms with E-state index in [2.05, 4.69) is 4.98 Å². The molecule has 1 amide bonds. The first kappa shape index (κ1) is 11.1. The zero-order chi connectivity index (χ0) is 11.5. The van der Waals surface area contributed by atoms with Gasteiger partial charge in [0.15, 0.2) is 0 Å². The van der Waals surface area contributed by atoms with Gasteiger partial charge in [-0.2, -0.15) is 0 Å². The highest BCUT2D eigenvalue weighted by Crippen LogP contribution is 2.33. The van der Waals surface area contributed by atoms with Gasteiger partial charge in [0.2, 0.25) is 0 Å². The lowest BCUT2D eigenvalue weighted by Crippen LogP contribution is -2.12. The van der Waals surface area contributed by atoms with Crippen molar-refractivity contribution in [2.45, 2.75) is 31.5 Å². The van der Waals surface area contributed by atoms with Crippen LogP contribution in [0.3, 0.4) is 0 Å². The standard InChI is InChI=1S/C10H14N2O4/c11-9(14)10-12-7(5-15-10)8-2-1-6(16-8)3-4-13/h5-6,8,13H,1-4H2,(H2,11,14). The lowest BCUT2D eigenvalue weighted by atomic mass is 10.1. The second-order valence-corrected chi connectivity index (χ2v) is 3.78. The Morgan fingerprint density at radius 1 is 1.62 bits per heavy atom. The van der Waals surface area contributed by atoms with E-state index in [1.165, 1.54) is 6.26 Å². The zero-order valence-electron chi connectivity index (χ0n) is 8.76. The third-order valence-electron chi connectivity index (χ3n) is 2.62. The van der Waals surface area contributed by atoms with Crippen LogP contribution in [0.4, 0.5) is 0 Å². The van der Waals surface area contributed by atoms with Crippen LogP contribution in [-0.2, 0) is 4.74 Å². The topological polar surface area (TPSA) is 98.6 Å². The minimum Gasteiger partial charge on any atom is -0.441 e. The van der Waals surface area contributed by atoms with E-state index in [1.807, 2.05) is 0 Å². The van der Waals surface area contributed by atoms with E-state index in [1.54, 1.807) is 0 Å². The molecule has 1 aromatic heterocycles. The molecule has 0 bridgehead atoms. The molecule has 0 aromatic carbocycles. The maximum absolute atomic E-state index is 10.8. The highest BCUT2D eigenvalue weighted by Gasteiger charge is 2.28. The summed E-state index contributed by atoms with van der Waals surface area (Å²) in [7, 11) is 0. The fraction of sp³-hybridized carbons (Fsp3) is 0.600. The smallest absolute Gasteiger partial charge is 0.304 e. The molecule has 3 N–H and O–H groups in total. The van der Waals surface area contributed by atoms with E-state index >= 15 is 0 Å². The number of rotatable bonds is 4. The molecule has 6 nitrogen and oxygen atoms in total. The highest BCUT2D eigenvalue weighted by molar-refractivity contribution is 5.87. The molecule has 2 unspecified atom stereocenters. The molecule has 0 saturated carbocycles. The van der Waals surface area contributed by atoms with Crippen LogP contribution in [-0.4, -0.2) is 28.7 Å². The average molecular weight is 226 g/mol. The van der Waals surface area contributed by atoms with Gasteiger partial charge in [-0.1, -0.05) is 0 Å². The Morgan fingerprint density at radius 3 is 3.06 bits per heavy atom. The van der Waals surface area contributed by atoms with E-state index in [0.29, 0.717) is 12.1 Å². The van der Waals surface area contributed by atoms with Crippen LogP contribution in [0.25, 0.3) is 0 Å². The number of hydrogen-bond acceptors (Lipinski definition) is 5. The minimum absolute atomic E-state index is 0.0590. The number of carbonyl (C=O) groups is 1. The van der Waals surface area contributed by atoms with E-state index < -0.39 is 5.91 Å². The van der Waals surface area contributed by atoms with Crippen LogP contribution in [0.1, 0.15) is 41.7 Å². The van der Waals surface area contributed by atoms with Gasteiger partial charge in [0.1, 0.15) is 18.1 Å². The van der Waals surface area contributed by atoms with Crippen molar-refractivity contribution in [2.24, 2.45) is 5.73 Å². The number of carbonyl (C=O) groups excluding carboxylic acids is 1. The molecular weight excluding hydrogens is 212 g/mol. The monoisotopic (exact) mass is 226 g/mol. The second-order valence-electron chi connectivity index (χ2n) is 3.78. The SMILES string of the molecule is NC(=O)c1nc(C2CCC(CCO)O2)co1. The Bertz CT molecular complexity index is 377. The van der Waals surface area contributed by atoms with Crippen LogP contribution < -0.4 is 5.73 Å². The summed E-state index contributed by atoms with van der Waals surface area (Å²) in [6.07, 6.45) is 3.61. The molecule has 2 rings (SSSR count). The number of oxazole rings is 1. The zero-order valence-corrected chi connectivity index (χ0v) is 8.76. The van der Waals surface area contributed by atoms with E-state index in [9.17, 15) is 4.79 Å². The predicted molar refractivity (Wildman–Crippen MR) is 53.6 cm³/mol. The van der Waals surface area contributed by atoms with Crippen molar-refractivity contribution in [3.63, 3.8) is 0 Å². The van der Waals surface area contributed by atoms with Gasteiger partial charge in [-0.15, -0.1) is 0 Å². The quantitative estimate of drug-likeness (QED) is 0.773. The number of aliphatic hydroxyl groups excluding tert-OH is 1. The van der Waals surface area contributed by atoms with Crippen molar-refractivity contribution in [3.8, 4) is 0 Å². The van der Waals surface area contributed by atoms with Crippen LogP contribution in [0.2, 0.25) is 0 Å². The van der Waals surface area contributed by atoms with Crippen LogP contribution in [0.5, 0.6) is 0 Å². The number of amides is 1. The first-order valence-electron chi connectivity index (χ1n) is 5.22. The fourth-order valence-electron chi connectivity index (χ4n) is 1.83. The summed E-state index contributed by atoms with van der Waals surface area (Å²) in [6.45, 7) is 0.114. The lowest BCUT2D eigenvalue weighted by molar-refractivity contribution is 0.0284. The van der Waals surface area contributed by atoms with Gasteiger partial charge in [-0.3, -0.25) is 4.79 Å². The Hall–Kier alpha value is -1.40. The summed E-state index contributed by atoms with van der Waals surface area (Å²) in [5.74, 6) is -0.777.